The highest BCUT2D eigenvalue weighted by atomic mass is 32.1. The number of ketones is 1. The van der Waals surface area contributed by atoms with E-state index in [-0.39, 0.29) is 70.6 Å². The first-order chi connectivity index (χ1) is 17.0. The van der Waals surface area contributed by atoms with Crippen LogP contribution in [0.4, 0.5) is 0 Å². The van der Waals surface area contributed by atoms with E-state index in [9.17, 15) is 14.4 Å². The average molecular weight is 566 g/mol. The third kappa shape index (κ3) is 6.95. The van der Waals surface area contributed by atoms with Crippen molar-refractivity contribution in [2.75, 3.05) is 32.8 Å². The van der Waals surface area contributed by atoms with Crippen LogP contribution in [0, 0.1) is 5.92 Å². The van der Waals surface area contributed by atoms with Crippen molar-refractivity contribution in [3.63, 3.8) is 0 Å². The first kappa shape index (κ1) is 32.7. The Kier molecular flexibility index (Phi) is 12.7. The molecule has 0 bridgehead atoms. The monoisotopic (exact) mass is 565 g/mol. The zero-order chi connectivity index (χ0) is 24.4. The van der Waals surface area contributed by atoms with Gasteiger partial charge in [0.2, 0.25) is 5.91 Å². The lowest BCUT2D eigenvalue weighted by Crippen LogP contribution is -2.54. The molecular formula is C29H47N3O4S2. The molecule has 1 aliphatic carbocycles. The number of carbonyl (C=O) groups excluding carboxylic acids is 3. The lowest BCUT2D eigenvalue weighted by Gasteiger charge is -2.32. The Morgan fingerprint density at radius 2 is 1.66 bits per heavy atom. The van der Waals surface area contributed by atoms with E-state index < -0.39 is 12.1 Å². The molecule has 214 valence electrons. The molecule has 1 N–H and O–H groups in total. The summed E-state index contributed by atoms with van der Waals surface area (Å²) in [4.78, 5) is 43.4. The Balaban J connectivity index is 0.00000169. The van der Waals surface area contributed by atoms with Crippen molar-refractivity contribution >= 4 is 44.6 Å². The van der Waals surface area contributed by atoms with E-state index in [0.29, 0.717) is 24.4 Å². The number of hydrogen-bond donors (Lipinski definition) is 1. The minimum atomic E-state index is -0.584. The first-order valence-electron chi connectivity index (χ1n) is 13.6. The minimum absolute atomic E-state index is 0. The van der Waals surface area contributed by atoms with E-state index in [1.54, 1.807) is 4.90 Å². The van der Waals surface area contributed by atoms with Crippen molar-refractivity contribution in [2.24, 2.45) is 5.92 Å². The fourth-order valence-electron chi connectivity index (χ4n) is 6.63. The van der Waals surface area contributed by atoms with Crippen LogP contribution in [0.5, 0.6) is 0 Å². The van der Waals surface area contributed by atoms with Gasteiger partial charge in [-0.25, -0.2) is 0 Å². The number of rotatable bonds is 7. The molecule has 3 aliphatic heterocycles. The molecule has 4 aliphatic rings. The van der Waals surface area contributed by atoms with E-state index >= 15 is 0 Å². The van der Waals surface area contributed by atoms with Crippen LogP contribution in [0.25, 0.3) is 0 Å². The number of nitrogens with one attached hydrogen (secondary N) is 1. The topological polar surface area (TPSA) is 79.0 Å². The van der Waals surface area contributed by atoms with Crippen LogP contribution in [0.3, 0.4) is 0 Å². The van der Waals surface area contributed by atoms with E-state index in [1.807, 2.05) is 12.1 Å². The van der Waals surface area contributed by atoms with Gasteiger partial charge in [-0.15, -0.1) is 0 Å². The summed E-state index contributed by atoms with van der Waals surface area (Å²) in [6.45, 7) is 6.28. The number of fused-ring (bicyclic) bond motifs is 1. The Hall–Kier alpha value is -1.55. The molecule has 0 unspecified atom stereocenters. The van der Waals surface area contributed by atoms with E-state index in [2.05, 4.69) is 29.3 Å². The normalized spacial score (nSPS) is 24.7. The molecule has 1 saturated carbocycles. The SMILES string of the molecule is C.CCCN1CCC(c2ccc(C(=O)N[C@H](C(=O)N3CC[C@H]4OCC(=O)[C@H]43)C3CCCC3)cc2)CC1.S.S. The number of benzene rings is 1. The highest BCUT2D eigenvalue weighted by Crippen LogP contribution is 2.33. The maximum Gasteiger partial charge on any atom is 0.251 e. The number of amides is 2. The predicted octanol–water partition coefficient (Wildman–Crippen LogP) is 4.00. The number of carbonyl (C=O) groups is 3. The molecule has 7 nitrogen and oxygen atoms in total. The van der Waals surface area contributed by atoms with Gasteiger partial charge in [-0.05, 0) is 87.7 Å². The van der Waals surface area contributed by atoms with Gasteiger partial charge in [0.15, 0.2) is 5.78 Å². The van der Waals surface area contributed by atoms with Crippen LogP contribution in [-0.4, -0.2) is 78.4 Å². The summed E-state index contributed by atoms with van der Waals surface area (Å²) in [5.41, 5.74) is 1.89. The van der Waals surface area contributed by atoms with Gasteiger partial charge in [0.05, 0.1) is 6.10 Å². The highest BCUT2D eigenvalue weighted by Gasteiger charge is 2.49. The second-order valence-electron chi connectivity index (χ2n) is 10.8. The molecule has 1 aromatic carbocycles. The van der Waals surface area contributed by atoms with Gasteiger partial charge in [0.25, 0.3) is 5.91 Å². The van der Waals surface area contributed by atoms with Crippen LogP contribution in [0.15, 0.2) is 24.3 Å². The molecule has 3 heterocycles. The van der Waals surface area contributed by atoms with Crippen molar-refractivity contribution in [2.45, 2.75) is 89.8 Å². The van der Waals surface area contributed by atoms with Gasteiger partial charge >= 0.3 is 0 Å². The Morgan fingerprint density at radius 3 is 2.29 bits per heavy atom. The van der Waals surface area contributed by atoms with Gasteiger partial charge in [-0.3, -0.25) is 14.4 Å². The fourth-order valence-corrected chi connectivity index (χ4v) is 6.63. The molecule has 38 heavy (non-hydrogen) atoms. The largest absolute Gasteiger partial charge is 0.368 e. The molecule has 0 spiro atoms. The zero-order valence-electron chi connectivity index (χ0n) is 21.9. The van der Waals surface area contributed by atoms with Crippen LogP contribution in [0.2, 0.25) is 0 Å². The highest BCUT2D eigenvalue weighted by molar-refractivity contribution is 7.59. The lowest BCUT2D eigenvalue weighted by atomic mass is 9.89. The summed E-state index contributed by atoms with van der Waals surface area (Å²) in [7, 11) is 0. The van der Waals surface area contributed by atoms with Crippen LogP contribution in [0.1, 0.15) is 87.6 Å². The summed E-state index contributed by atoms with van der Waals surface area (Å²) in [6, 6.07) is 6.91. The molecule has 3 atom stereocenters. The molecule has 0 radical (unpaired) electrons. The fraction of sp³-hybridized carbons (Fsp3) is 0.690. The summed E-state index contributed by atoms with van der Waals surface area (Å²) >= 11 is 0. The number of nitrogens with zero attached hydrogens (tertiary/aromatic N) is 2. The zero-order valence-corrected chi connectivity index (χ0v) is 23.9. The van der Waals surface area contributed by atoms with Crippen LogP contribution in [-0.2, 0) is 14.3 Å². The number of likely N-dealkylation sites (tertiary alicyclic amines) is 2. The van der Waals surface area contributed by atoms with Gasteiger partial charge < -0.3 is 19.9 Å². The summed E-state index contributed by atoms with van der Waals surface area (Å²) in [5.74, 6) is 0.322. The Morgan fingerprint density at radius 1 is 1.00 bits per heavy atom. The average Bonchev–Trinajstić information content (AvgIpc) is 3.63. The van der Waals surface area contributed by atoms with Crippen molar-refractivity contribution in [3.8, 4) is 0 Å². The van der Waals surface area contributed by atoms with Gasteiger partial charge in [-0.2, -0.15) is 27.0 Å². The van der Waals surface area contributed by atoms with Crippen LogP contribution < -0.4 is 5.32 Å². The van der Waals surface area contributed by atoms with Crippen molar-refractivity contribution in [3.05, 3.63) is 35.4 Å². The quantitative estimate of drug-likeness (QED) is 0.541. The van der Waals surface area contributed by atoms with Crippen molar-refractivity contribution < 1.29 is 19.1 Å². The third-order valence-electron chi connectivity index (χ3n) is 8.59. The van der Waals surface area contributed by atoms with Gasteiger partial charge in [0, 0.05) is 12.1 Å². The predicted molar refractivity (Wildman–Crippen MR) is 161 cm³/mol. The maximum atomic E-state index is 13.6. The van der Waals surface area contributed by atoms with Crippen LogP contribution >= 0.6 is 27.0 Å². The first-order valence-corrected chi connectivity index (χ1v) is 13.6. The molecule has 5 rings (SSSR count). The number of hydrogen-bond acceptors (Lipinski definition) is 5. The summed E-state index contributed by atoms with van der Waals surface area (Å²) in [5, 5.41) is 3.08. The smallest absolute Gasteiger partial charge is 0.251 e. The van der Waals surface area contributed by atoms with Gasteiger partial charge in [0.1, 0.15) is 18.7 Å². The summed E-state index contributed by atoms with van der Waals surface area (Å²) < 4.78 is 5.57. The molecule has 3 saturated heterocycles. The molecule has 4 fully saturated rings. The number of Topliss-reactive ketones (excluding diaryl/α,β-unsaturated/α-hetero) is 1. The lowest BCUT2D eigenvalue weighted by molar-refractivity contribution is -0.139. The second-order valence-corrected chi connectivity index (χ2v) is 10.8. The van der Waals surface area contributed by atoms with E-state index in [4.69, 9.17) is 4.74 Å². The Labute approximate surface area is 242 Å². The summed E-state index contributed by atoms with van der Waals surface area (Å²) in [6.07, 6.45) is 8.02. The minimum Gasteiger partial charge on any atom is -0.368 e. The molecule has 1 aromatic rings. The number of ether oxygens (including phenoxy) is 1. The number of piperidine rings is 1. The van der Waals surface area contributed by atoms with E-state index in [0.717, 1.165) is 51.6 Å². The standard InChI is InChI=1S/C28H39N3O4.CH4.2H2S/c1-2-14-30-15-11-20(12-16-30)19-7-9-22(10-8-19)27(33)29-25(21-5-3-4-6-21)28(34)31-17-13-24-26(31)23(32)18-35-24;;;/h7-10,20-21,24-26H,2-6,11-18H2,1H3,(H,29,33);1H4;2*1H2/t24-,25+,26-;;;/m1.../s1. The van der Waals surface area contributed by atoms with Gasteiger partial charge in [-0.1, -0.05) is 39.3 Å². The molecule has 0 aromatic heterocycles. The molecule has 9 heteroatoms. The molecular weight excluding hydrogens is 518 g/mol. The maximum absolute atomic E-state index is 13.6. The third-order valence-corrected chi connectivity index (χ3v) is 8.59. The Bertz CT molecular complexity index is 930. The van der Waals surface area contributed by atoms with Crippen molar-refractivity contribution in [1.82, 2.24) is 15.1 Å². The second kappa shape index (κ2) is 14.7. The molecule has 2 amide bonds. The van der Waals surface area contributed by atoms with E-state index in [1.165, 1.54) is 18.5 Å². The van der Waals surface area contributed by atoms with Crippen molar-refractivity contribution in [1.29, 1.82) is 0 Å².